The lowest BCUT2D eigenvalue weighted by molar-refractivity contribution is -0.128. The number of carbonyl (C=O) groups excluding carboxylic acids is 2. The summed E-state index contributed by atoms with van der Waals surface area (Å²) in [6.45, 7) is 3.26. The Balaban J connectivity index is 3.76. The number of rotatable bonds is 10. The summed E-state index contributed by atoms with van der Waals surface area (Å²) in [6.07, 6.45) is 5.02. The van der Waals surface area contributed by atoms with Crippen molar-refractivity contribution in [2.45, 2.75) is 45.4 Å². The minimum Gasteiger partial charge on any atom is -0.356 e. The number of nitrogens with zero attached hydrogens (tertiary/aromatic N) is 1. The fraction of sp³-hybridized carbons (Fsp3) is 0.857. The van der Waals surface area contributed by atoms with Crippen LogP contribution in [-0.4, -0.2) is 43.9 Å². The van der Waals surface area contributed by atoms with Crippen molar-refractivity contribution in [3.63, 3.8) is 0 Å². The predicted octanol–water partition coefficient (Wildman–Crippen LogP) is 1.13. The van der Waals surface area contributed by atoms with E-state index in [4.69, 9.17) is 5.73 Å². The third-order valence-corrected chi connectivity index (χ3v) is 3.21. The number of hydrogen-bond acceptors (Lipinski definition) is 3. The molecule has 0 aliphatic rings. The quantitative estimate of drug-likeness (QED) is 0.625. The Labute approximate surface area is 116 Å². The van der Waals surface area contributed by atoms with Crippen molar-refractivity contribution >= 4 is 11.8 Å². The number of nitrogens with one attached hydrogen (secondary N) is 1. The van der Waals surface area contributed by atoms with Crippen molar-refractivity contribution < 1.29 is 9.59 Å². The van der Waals surface area contributed by atoms with Crippen molar-refractivity contribution in [1.29, 1.82) is 0 Å². The van der Waals surface area contributed by atoms with E-state index in [1.165, 1.54) is 4.90 Å². The van der Waals surface area contributed by atoms with Crippen molar-refractivity contribution in [2.24, 2.45) is 11.7 Å². The third kappa shape index (κ3) is 9.47. The maximum Gasteiger partial charge on any atom is 0.223 e. The molecule has 0 radical (unpaired) electrons. The van der Waals surface area contributed by atoms with Crippen LogP contribution in [0.25, 0.3) is 0 Å². The molecule has 0 aromatic heterocycles. The summed E-state index contributed by atoms with van der Waals surface area (Å²) < 4.78 is 0. The Bertz CT molecular complexity index is 261. The average molecular weight is 271 g/mol. The molecule has 0 aromatic carbocycles. The lowest BCUT2D eigenvalue weighted by atomic mass is 9.94. The standard InChI is InChI=1S/C14H29N3O2/c1-4-5-12(8-10-15)6-7-13(18)16-11-9-14(19)17(2)3/h12H,4-11,15H2,1-3H3,(H,16,18). The molecule has 0 spiro atoms. The van der Waals surface area contributed by atoms with Gasteiger partial charge in [0.1, 0.15) is 0 Å². The first-order valence-electron chi connectivity index (χ1n) is 7.18. The Kier molecular flexibility index (Phi) is 10.2. The molecule has 0 fully saturated rings. The Hall–Kier alpha value is -1.10. The van der Waals surface area contributed by atoms with Crippen LogP contribution in [0.2, 0.25) is 0 Å². The topological polar surface area (TPSA) is 75.4 Å². The molecule has 0 saturated carbocycles. The minimum atomic E-state index is 0.0321. The fourth-order valence-corrected chi connectivity index (χ4v) is 2.03. The molecule has 1 atom stereocenters. The second-order valence-electron chi connectivity index (χ2n) is 5.16. The van der Waals surface area contributed by atoms with Crippen LogP contribution in [-0.2, 0) is 9.59 Å². The molecule has 5 nitrogen and oxygen atoms in total. The number of hydrogen-bond donors (Lipinski definition) is 2. The first-order valence-corrected chi connectivity index (χ1v) is 7.18. The summed E-state index contributed by atoms with van der Waals surface area (Å²) in [5.41, 5.74) is 5.57. The van der Waals surface area contributed by atoms with Crippen LogP contribution in [0.3, 0.4) is 0 Å². The zero-order valence-corrected chi connectivity index (χ0v) is 12.6. The summed E-state index contributed by atoms with van der Waals surface area (Å²) in [6, 6.07) is 0. The summed E-state index contributed by atoms with van der Waals surface area (Å²) >= 11 is 0. The molecule has 0 aromatic rings. The second kappa shape index (κ2) is 10.8. The van der Waals surface area contributed by atoms with Crippen molar-refractivity contribution in [3.05, 3.63) is 0 Å². The van der Waals surface area contributed by atoms with Gasteiger partial charge in [-0.15, -0.1) is 0 Å². The van der Waals surface area contributed by atoms with E-state index in [0.29, 0.717) is 31.8 Å². The Morgan fingerprint density at radius 2 is 1.84 bits per heavy atom. The second-order valence-corrected chi connectivity index (χ2v) is 5.16. The molecule has 0 bridgehead atoms. The van der Waals surface area contributed by atoms with Gasteiger partial charge in [0, 0.05) is 33.5 Å². The van der Waals surface area contributed by atoms with Gasteiger partial charge in [-0.2, -0.15) is 0 Å². The molecular weight excluding hydrogens is 242 g/mol. The largest absolute Gasteiger partial charge is 0.356 e. The highest BCUT2D eigenvalue weighted by Crippen LogP contribution is 2.16. The van der Waals surface area contributed by atoms with Crippen molar-refractivity contribution in [2.75, 3.05) is 27.2 Å². The normalized spacial score (nSPS) is 12.0. The zero-order chi connectivity index (χ0) is 14.7. The molecular formula is C14H29N3O2. The van der Waals surface area contributed by atoms with E-state index in [9.17, 15) is 9.59 Å². The van der Waals surface area contributed by atoms with E-state index in [-0.39, 0.29) is 11.8 Å². The van der Waals surface area contributed by atoms with E-state index in [0.717, 1.165) is 25.7 Å². The van der Waals surface area contributed by atoms with Crippen LogP contribution < -0.4 is 11.1 Å². The number of nitrogens with two attached hydrogens (primary N) is 1. The van der Waals surface area contributed by atoms with E-state index in [2.05, 4.69) is 12.2 Å². The lowest BCUT2D eigenvalue weighted by Crippen LogP contribution is -2.30. The summed E-state index contributed by atoms with van der Waals surface area (Å²) in [7, 11) is 3.43. The fourth-order valence-electron chi connectivity index (χ4n) is 2.03. The SMILES string of the molecule is CCCC(CCN)CCC(=O)NCCC(=O)N(C)C. The molecule has 0 heterocycles. The highest BCUT2D eigenvalue weighted by molar-refractivity contribution is 5.78. The minimum absolute atomic E-state index is 0.0321. The molecule has 112 valence electrons. The molecule has 1 unspecified atom stereocenters. The highest BCUT2D eigenvalue weighted by Gasteiger charge is 2.10. The van der Waals surface area contributed by atoms with E-state index in [1.807, 2.05) is 0 Å². The Morgan fingerprint density at radius 1 is 1.16 bits per heavy atom. The van der Waals surface area contributed by atoms with Crippen LogP contribution in [0, 0.1) is 5.92 Å². The summed E-state index contributed by atoms with van der Waals surface area (Å²) in [4.78, 5) is 24.5. The van der Waals surface area contributed by atoms with E-state index >= 15 is 0 Å². The van der Waals surface area contributed by atoms with Gasteiger partial charge in [0.05, 0.1) is 0 Å². The van der Waals surface area contributed by atoms with Crippen molar-refractivity contribution in [1.82, 2.24) is 10.2 Å². The lowest BCUT2D eigenvalue weighted by Gasteiger charge is -2.15. The first kappa shape index (κ1) is 17.9. The average Bonchev–Trinajstić information content (AvgIpc) is 2.36. The third-order valence-electron chi connectivity index (χ3n) is 3.21. The molecule has 0 rings (SSSR count). The summed E-state index contributed by atoms with van der Waals surface area (Å²) in [5.74, 6) is 0.612. The van der Waals surface area contributed by atoms with Gasteiger partial charge in [-0.1, -0.05) is 19.8 Å². The summed E-state index contributed by atoms with van der Waals surface area (Å²) in [5, 5.41) is 2.79. The van der Waals surface area contributed by atoms with Crippen LogP contribution in [0.1, 0.15) is 45.4 Å². The van der Waals surface area contributed by atoms with Crippen LogP contribution in [0.4, 0.5) is 0 Å². The van der Waals surface area contributed by atoms with Crippen molar-refractivity contribution in [3.8, 4) is 0 Å². The Morgan fingerprint density at radius 3 is 2.37 bits per heavy atom. The molecule has 2 amide bonds. The number of amides is 2. The number of carbonyl (C=O) groups is 2. The highest BCUT2D eigenvalue weighted by atomic mass is 16.2. The van der Waals surface area contributed by atoms with Crippen LogP contribution >= 0.6 is 0 Å². The van der Waals surface area contributed by atoms with Crippen LogP contribution in [0.15, 0.2) is 0 Å². The van der Waals surface area contributed by atoms with Gasteiger partial charge in [-0.25, -0.2) is 0 Å². The van der Waals surface area contributed by atoms with Gasteiger partial charge >= 0.3 is 0 Å². The van der Waals surface area contributed by atoms with Gasteiger partial charge < -0.3 is 16.0 Å². The first-order chi connectivity index (χ1) is 9.01. The molecule has 0 aliphatic heterocycles. The molecule has 3 N–H and O–H groups in total. The molecule has 0 aliphatic carbocycles. The van der Waals surface area contributed by atoms with Crippen LogP contribution in [0.5, 0.6) is 0 Å². The van der Waals surface area contributed by atoms with E-state index < -0.39 is 0 Å². The van der Waals surface area contributed by atoms with Gasteiger partial charge in [-0.05, 0) is 25.3 Å². The van der Waals surface area contributed by atoms with Gasteiger partial charge in [0.2, 0.25) is 11.8 Å². The molecule has 0 saturated heterocycles. The predicted molar refractivity (Wildman–Crippen MR) is 77.6 cm³/mol. The molecule has 5 heteroatoms. The maximum absolute atomic E-state index is 11.6. The zero-order valence-electron chi connectivity index (χ0n) is 12.6. The van der Waals surface area contributed by atoms with Gasteiger partial charge in [0.25, 0.3) is 0 Å². The maximum atomic E-state index is 11.6. The van der Waals surface area contributed by atoms with E-state index in [1.54, 1.807) is 14.1 Å². The van der Waals surface area contributed by atoms with Gasteiger partial charge in [0.15, 0.2) is 0 Å². The molecule has 19 heavy (non-hydrogen) atoms. The monoisotopic (exact) mass is 271 g/mol. The smallest absolute Gasteiger partial charge is 0.223 e. The van der Waals surface area contributed by atoms with Gasteiger partial charge in [-0.3, -0.25) is 9.59 Å².